The van der Waals surface area contributed by atoms with Crippen LogP contribution in [-0.4, -0.2) is 24.1 Å². The minimum atomic E-state index is -0.280. The molecule has 1 aliphatic carbocycles. The van der Waals surface area contributed by atoms with Gasteiger partial charge in [0.1, 0.15) is 0 Å². The molecule has 0 heterocycles. The van der Waals surface area contributed by atoms with E-state index in [0.29, 0.717) is 42.7 Å². The van der Waals surface area contributed by atoms with Gasteiger partial charge in [-0.2, -0.15) is 0 Å². The quantitative estimate of drug-likeness (QED) is 0.254. The van der Waals surface area contributed by atoms with Gasteiger partial charge in [-0.1, -0.05) is 73.4 Å². The number of allylic oxidation sites excluding steroid dienone is 9. The van der Waals surface area contributed by atoms with Crippen molar-refractivity contribution in [3.8, 4) is 0 Å². The van der Waals surface area contributed by atoms with Crippen molar-refractivity contribution in [2.24, 2.45) is 0 Å². The molecular weight excluding hydrogens is 362 g/mol. The maximum Gasteiger partial charge on any atom is 0.306 e. The number of ether oxygens (including phenoxy) is 1. The first-order valence-electron chi connectivity index (χ1n) is 9.73. The van der Waals surface area contributed by atoms with Crippen molar-refractivity contribution in [3.05, 3.63) is 95.6 Å². The van der Waals surface area contributed by atoms with Crippen molar-refractivity contribution in [2.75, 3.05) is 6.61 Å². The second-order valence-electron chi connectivity index (χ2n) is 6.76. The molecule has 1 aromatic carbocycles. The highest BCUT2D eigenvalue weighted by Gasteiger charge is 2.12. The van der Waals surface area contributed by atoms with Crippen molar-refractivity contribution in [2.45, 2.75) is 32.6 Å². The highest BCUT2D eigenvalue weighted by molar-refractivity contribution is 6.08. The number of carbonyl (C=O) groups excluding carboxylic acids is 2. The third kappa shape index (κ3) is 7.70. The van der Waals surface area contributed by atoms with Crippen molar-refractivity contribution in [1.82, 2.24) is 0 Å². The van der Waals surface area contributed by atoms with E-state index in [4.69, 9.17) is 10.1 Å². The standard InChI is InChI=1S/C25H27NO3/c1-3-29-24(27)16-15-23(26)18-21-11-13-22(14-12-21)25(28)19(2)17-20-9-7-5-4-6-8-10-20/h4-14,26H,2-3,15-18H2,1H3/b5-4-,6-4?,7-5?,8-6+,9-7-,10-8?,20-9?,20-10-,26-23?. The van der Waals surface area contributed by atoms with Gasteiger partial charge in [-0.25, -0.2) is 0 Å². The molecule has 0 spiro atoms. The van der Waals surface area contributed by atoms with Crippen molar-refractivity contribution >= 4 is 17.5 Å². The Bertz CT molecular complexity index is 883. The number of Topliss-reactive ketones (excluding diaryl/α,β-unsaturated/α-hetero) is 1. The Morgan fingerprint density at radius 2 is 1.66 bits per heavy atom. The van der Waals surface area contributed by atoms with E-state index in [1.807, 2.05) is 54.7 Å². The first-order valence-corrected chi connectivity index (χ1v) is 9.73. The molecule has 0 aliphatic heterocycles. The van der Waals surface area contributed by atoms with E-state index >= 15 is 0 Å². The molecule has 0 amide bonds. The smallest absolute Gasteiger partial charge is 0.306 e. The zero-order valence-electron chi connectivity index (χ0n) is 16.8. The van der Waals surface area contributed by atoms with Crippen LogP contribution in [0.5, 0.6) is 0 Å². The predicted molar refractivity (Wildman–Crippen MR) is 117 cm³/mol. The summed E-state index contributed by atoms with van der Waals surface area (Å²) in [6.07, 6.45) is 15.2. The molecule has 1 aliphatic rings. The molecule has 150 valence electrons. The summed E-state index contributed by atoms with van der Waals surface area (Å²) in [6, 6.07) is 7.24. The molecule has 0 unspecified atom stereocenters. The third-order valence-electron chi connectivity index (χ3n) is 4.37. The van der Waals surface area contributed by atoms with Gasteiger partial charge in [0.15, 0.2) is 5.78 Å². The van der Waals surface area contributed by atoms with Crippen LogP contribution < -0.4 is 0 Å². The topological polar surface area (TPSA) is 67.2 Å². The van der Waals surface area contributed by atoms with Gasteiger partial charge in [0.25, 0.3) is 0 Å². The van der Waals surface area contributed by atoms with Crippen LogP contribution >= 0.6 is 0 Å². The fraction of sp³-hybridized carbons (Fsp3) is 0.240. The van der Waals surface area contributed by atoms with Gasteiger partial charge >= 0.3 is 5.97 Å². The molecule has 0 atom stereocenters. The van der Waals surface area contributed by atoms with Crippen LogP contribution in [0.2, 0.25) is 0 Å². The Kier molecular flexibility index (Phi) is 8.77. The van der Waals surface area contributed by atoms with Crippen molar-refractivity contribution < 1.29 is 14.3 Å². The molecule has 0 fully saturated rings. The number of ketones is 1. The number of hydrogen-bond donors (Lipinski definition) is 1. The number of nitrogens with one attached hydrogen (secondary N) is 1. The van der Waals surface area contributed by atoms with Crippen LogP contribution in [0.4, 0.5) is 0 Å². The van der Waals surface area contributed by atoms with Crippen LogP contribution in [0.1, 0.15) is 42.1 Å². The highest BCUT2D eigenvalue weighted by Crippen LogP contribution is 2.18. The van der Waals surface area contributed by atoms with E-state index in [1.54, 1.807) is 19.1 Å². The number of esters is 1. The minimum Gasteiger partial charge on any atom is -0.466 e. The Hall–Kier alpha value is -3.27. The minimum absolute atomic E-state index is 0.0789. The summed E-state index contributed by atoms with van der Waals surface area (Å²) in [5.74, 6) is -0.359. The molecule has 0 aromatic heterocycles. The zero-order valence-corrected chi connectivity index (χ0v) is 16.8. The Labute approximate surface area is 172 Å². The van der Waals surface area contributed by atoms with Crippen molar-refractivity contribution in [3.63, 3.8) is 0 Å². The molecule has 0 bridgehead atoms. The second kappa shape index (κ2) is 11.5. The average molecular weight is 389 g/mol. The van der Waals surface area contributed by atoms with E-state index in [-0.39, 0.29) is 18.2 Å². The molecule has 29 heavy (non-hydrogen) atoms. The van der Waals surface area contributed by atoms with Crippen LogP contribution in [0.15, 0.2) is 84.5 Å². The zero-order chi connectivity index (χ0) is 21.1. The molecular formula is C25H27NO3. The maximum atomic E-state index is 12.7. The van der Waals surface area contributed by atoms with Crippen molar-refractivity contribution in [1.29, 1.82) is 5.41 Å². The van der Waals surface area contributed by atoms with Gasteiger partial charge in [0.2, 0.25) is 0 Å². The Balaban J connectivity index is 1.90. The van der Waals surface area contributed by atoms with Gasteiger partial charge < -0.3 is 10.1 Å². The molecule has 0 saturated carbocycles. The van der Waals surface area contributed by atoms with Crippen LogP contribution in [0.25, 0.3) is 0 Å². The fourth-order valence-electron chi connectivity index (χ4n) is 2.85. The van der Waals surface area contributed by atoms with Gasteiger partial charge in [0, 0.05) is 24.1 Å². The third-order valence-corrected chi connectivity index (χ3v) is 4.37. The number of hydrogen-bond acceptors (Lipinski definition) is 4. The van der Waals surface area contributed by atoms with Gasteiger partial charge in [0.05, 0.1) is 13.0 Å². The van der Waals surface area contributed by atoms with Gasteiger partial charge in [-0.3, -0.25) is 9.59 Å². The fourth-order valence-corrected chi connectivity index (χ4v) is 2.85. The lowest BCUT2D eigenvalue weighted by Crippen LogP contribution is -2.09. The summed E-state index contributed by atoms with van der Waals surface area (Å²) in [5.41, 5.74) is 3.54. The molecule has 4 heteroatoms. The summed E-state index contributed by atoms with van der Waals surface area (Å²) in [6.45, 7) is 6.08. The van der Waals surface area contributed by atoms with Crippen LogP contribution in [0, 0.1) is 5.41 Å². The highest BCUT2D eigenvalue weighted by atomic mass is 16.5. The number of carbonyl (C=O) groups is 2. The first kappa shape index (κ1) is 22.0. The Morgan fingerprint density at radius 1 is 0.966 bits per heavy atom. The molecule has 0 saturated heterocycles. The summed E-state index contributed by atoms with van der Waals surface area (Å²) in [4.78, 5) is 24.1. The second-order valence-corrected chi connectivity index (χ2v) is 6.76. The molecule has 0 radical (unpaired) electrons. The van der Waals surface area contributed by atoms with E-state index in [0.717, 1.165) is 11.1 Å². The molecule has 1 N–H and O–H groups in total. The SMILES string of the molecule is C=C(CC1=C\C=C\C=C/C=C\1)C(=O)c1ccc(CC(=N)CCC(=O)OCC)cc1. The van der Waals surface area contributed by atoms with E-state index in [9.17, 15) is 9.59 Å². The summed E-state index contributed by atoms with van der Waals surface area (Å²) in [7, 11) is 0. The largest absolute Gasteiger partial charge is 0.466 e. The van der Waals surface area contributed by atoms with Crippen LogP contribution in [0.3, 0.4) is 0 Å². The van der Waals surface area contributed by atoms with Gasteiger partial charge in [-0.05, 0) is 30.1 Å². The lowest BCUT2D eigenvalue weighted by molar-refractivity contribution is -0.142. The van der Waals surface area contributed by atoms with Crippen LogP contribution in [-0.2, 0) is 16.0 Å². The number of benzene rings is 1. The molecule has 2 rings (SSSR count). The molecule has 4 nitrogen and oxygen atoms in total. The lowest BCUT2D eigenvalue weighted by atomic mass is 9.96. The maximum absolute atomic E-state index is 12.7. The summed E-state index contributed by atoms with van der Waals surface area (Å²) < 4.78 is 4.88. The monoisotopic (exact) mass is 389 g/mol. The average Bonchev–Trinajstić information content (AvgIpc) is 2.68. The predicted octanol–water partition coefficient (Wildman–Crippen LogP) is 5.33. The summed E-state index contributed by atoms with van der Waals surface area (Å²) >= 11 is 0. The number of rotatable bonds is 10. The first-order chi connectivity index (χ1) is 14.0. The summed E-state index contributed by atoms with van der Waals surface area (Å²) in [5, 5.41) is 8.02. The van der Waals surface area contributed by atoms with E-state index < -0.39 is 0 Å². The van der Waals surface area contributed by atoms with E-state index in [2.05, 4.69) is 6.58 Å². The van der Waals surface area contributed by atoms with E-state index in [1.165, 1.54) is 0 Å². The van der Waals surface area contributed by atoms with Gasteiger partial charge in [-0.15, -0.1) is 0 Å². The molecule has 1 aromatic rings. The normalized spacial score (nSPS) is 17.8. The Morgan fingerprint density at radius 3 is 2.38 bits per heavy atom. The lowest BCUT2D eigenvalue weighted by Gasteiger charge is -2.08.